The van der Waals surface area contributed by atoms with Gasteiger partial charge in [0.25, 0.3) is 0 Å². The lowest BCUT2D eigenvalue weighted by atomic mass is 10.1. The largest absolute Gasteiger partial charge is 0.465 e. The molecule has 3 heterocycles. The van der Waals surface area contributed by atoms with Crippen LogP contribution in [0.3, 0.4) is 0 Å². The van der Waals surface area contributed by atoms with Crippen LogP contribution in [0.15, 0.2) is 0 Å². The van der Waals surface area contributed by atoms with E-state index in [4.69, 9.17) is 9.72 Å². The average Bonchev–Trinajstić information content (AvgIpc) is 2.94. The highest BCUT2D eigenvalue weighted by atomic mass is 16.5. The van der Waals surface area contributed by atoms with Gasteiger partial charge in [-0.25, -0.2) is 14.8 Å². The molecule has 8 nitrogen and oxygen atoms in total. The number of rotatable bonds is 4. The van der Waals surface area contributed by atoms with Crippen LogP contribution in [0.4, 0.5) is 10.6 Å². The van der Waals surface area contributed by atoms with Gasteiger partial charge < -0.3 is 19.9 Å². The van der Waals surface area contributed by atoms with Gasteiger partial charge in [0, 0.05) is 31.6 Å². The standard InChI is InChI=1S/C19H29N5O3/c1-3-27-17(25)12-20-19(26)24-11-8-16-15(13-24)18(22-14(2)21-16)23-9-6-4-5-7-10-23/h3-13H2,1-2H3,(H,20,26). The Morgan fingerprint density at radius 1 is 1.11 bits per heavy atom. The number of fused-ring (bicyclic) bond motifs is 1. The molecule has 1 aromatic heterocycles. The van der Waals surface area contributed by atoms with Crippen molar-refractivity contribution in [2.75, 3.05) is 37.7 Å². The normalized spacial score (nSPS) is 17.1. The van der Waals surface area contributed by atoms with Crippen molar-refractivity contribution in [3.63, 3.8) is 0 Å². The average molecular weight is 375 g/mol. The summed E-state index contributed by atoms with van der Waals surface area (Å²) in [5.41, 5.74) is 2.08. The summed E-state index contributed by atoms with van der Waals surface area (Å²) in [6.07, 6.45) is 5.55. The fourth-order valence-corrected chi connectivity index (χ4v) is 3.71. The molecule has 3 rings (SSSR count). The van der Waals surface area contributed by atoms with E-state index >= 15 is 0 Å². The fraction of sp³-hybridized carbons (Fsp3) is 0.684. The third-order valence-corrected chi connectivity index (χ3v) is 5.03. The zero-order chi connectivity index (χ0) is 19.2. The summed E-state index contributed by atoms with van der Waals surface area (Å²) in [4.78, 5) is 37.4. The molecule has 1 saturated heterocycles. The molecule has 0 atom stereocenters. The number of hydrogen-bond acceptors (Lipinski definition) is 6. The molecule has 27 heavy (non-hydrogen) atoms. The number of anilines is 1. The molecular formula is C19H29N5O3. The third-order valence-electron chi connectivity index (χ3n) is 5.03. The van der Waals surface area contributed by atoms with E-state index in [1.807, 2.05) is 6.92 Å². The number of aryl methyl sites for hydroxylation is 1. The van der Waals surface area contributed by atoms with Gasteiger partial charge in [-0.3, -0.25) is 4.79 Å². The Morgan fingerprint density at radius 2 is 1.85 bits per heavy atom. The molecule has 148 valence electrons. The molecule has 2 amide bonds. The first kappa shape index (κ1) is 19.4. The first-order valence-electron chi connectivity index (χ1n) is 9.88. The third kappa shape index (κ3) is 4.87. The monoisotopic (exact) mass is 375 g/mol. The van der Waals surface area contributed by atoms with Gasteiger partial charge in [0.15, 0.2) is 0 Å². The molecule has 0 aromatic carbocycles. The number of carbonyl (C=O) groups excluding carboxylic acids is 2. The lowest BCUT2D eigenvalue weighted by molar-refractivity contribution is -0.141. The second-order valence-corrected chi connectivity index (χ2v) is 7.06. The van der Waals surface area contributed by atoms with Crippen LogP contribution in [0.5, 0.6) is 0 Å². The minimum absolute atomic E-state index is 0.112. The van der Waals surface area contributed by atoms with Crippen molar-refractivity contribution in [2.24, 2.45) is 0 Å². The van der Waals surface area contributed by atoms with E-state index in [2.05, 4.69) is 15.2 Å². The number of urea groups is 1. The van der Waals surface area contributed by atoms with Crippen molar-refractivity contribution in [1.29, 1.82) is 0 Å². The molecule has 2 aliphatic rings. The predicted molar refractivity (Wildman–Crippen MR) is 102 cm³/mol. The van der Waals surface area contributed by atoms with Crippen LogP contribution < -0.4 is 10.2 Å². The van der Waals surface area contributed by atoms with E-state index in [1.54, 1.807) is 11.8 Å². The molecule has 2 aliphatic heterocycles. The molecule has 0 bridgehead atoms. The Balaban J connectivity index is 1.73. The first-order chi connectivity index (χ1) is 13.1. The van der Waals surface area contributed by atoms with Gasteiger partial charge in [0.2, 0.25) is 0 Å². The van der Waals surface area contributed by atoms with Gasteiger partial charge in [-0.15, -0.1) is 0 Å². The SMILES string of the molecule is CCOC(=O)CNC(=O)N1CCc2nc(C)nc(N3CCCCCC3)c2C1. The van der Waals surface area contributed by atoms with Gasteiger partial charge >= 0.3 is 12.0 Å². The Labute approximate surface area is 160 Å². The van der Waals surface area contributed by atoms with Crippen LogP contribution in [-0.2, 0) is 22.5 Å². The molecule has 0 radical (unpaired) electrons. The molecule has 0 saturated carbocycles. The molecular weight excluding hydrogens is 346 g/mol. The highest BCUT2D eigenvalue weighted by Crippen LogP contribution is 2.28. The zero-order valence-electron chi connectivity index (χ0n) is 16.3. The second-order valence-electron chi connectivity index (χ2n) is 7.06. The van der Waals surface area contributed by atoms with Crippen LogP contribution in [-0.4, -0.2) is 59.7 Å². The van der Waals surface area contributed by atoms with Gasteiger partial charge in [-0.1, -0.05) is 12.8 Å². The van der Waals surface area contributed by atoms with Crippen molar-refractivity contribution < 1.29 is 14.3 Å². The Bertz CT molecular complexity index is 686. The summed E-state index contributed by atoms with van der Waals surface area (Å²) in [7, 11) is 0. The van der Waals surface area contributed by atoms with Crippen LogP contribution in [0.2, 0.25) is 0 Å². The number of aromatic nitrogens is 2. The van der Waals surface area contributed by atoms with E-state index in [9.17, 15) is 9.59 Å². The number of nitrogens with one attached hydrogen (secondary N) is 1. The maximum Gasteiger partial charge on any atom is 0.325 e. The van der Waals surface area contributed by atoms with Crippen LogP contribution in [0, 0.1) is 6.92 Å². The summed E-state index contributed by atoms with van der Waals surface area (Å²) in [6.45, 7) is 6.91. The maximum atomic E-state index is 12.5. The Morgan fingerprint density at radius 3 is 2.56 bits per heavy atom. The molecule has 8 heteroatoms. The highest BCUT2D eigenvalue weighted by Gasteiger charge is 2.27. The van der Waals surface area contributed by atoms with Gasteiger partial charge in [0.05, 0.1) is 18.8 Å². The summed E-state index contributed by atoms with van der Waals surface area (Å²) in [6, 6.07) is -0.254. The molecule has 0 spiro atoms. The number of esters is 1. The van der Waals surface area contributed by atoms with Crippen LogP contribution in [0.25, 0.3) is 0 Å². The van der Waals surface area contributed by atoms with E-state index in [1.165, 1.54) is 25.7 Å². The Hall–Kier alpha value is -2.38. The summed E-state index contributed by atoms with van der Waals surface area (Å²) < 4.78 is 4.86. The quantitative estimate of drug-likeness (QED) is 0.808. The molecule has 0 unspecified atom stereocenters. The van der Waals surface area contributed by atoms with Gasteiger partial charge in [0.1, 0.15) is 18.2 Å². The van der Waals surface area contributed by atoms with Crippen LogP contribution in [0.1, 0.15) is 49.7 Å². The number of hydrogen-bond donors (Lipinski definition) is 1. The summed E-state index contributed by atoms with van der Waals surface area (Å²) in [5, 5.41) is 2.65. The van der Waals surface area contributed by atoms with Gasteiger partial charge in [-0.2, -0.15) is 0 Å². The molecule has 1 aromatic rings. The number of ether oxygens (including phenoxy) is 1. The molecule has 1 fully saturated rings. The number of nitrogens with zero attached hydrogens (tertiary/aromatic N) is 4. The lowest BCUT2D eigenvalue weighted by Gasteiger charge is -2.32. The van der Waals surface area contributed by atoms with E-state index < -0.39 is 5.97 Å². The minimum Gasteiger partial charge on any atom is -0.465 e. The number of amides is 2. The van der Waals surface area contributed by atoms with Crippen LogP contribution >= 0.6 is 0 Å². The topological polar surface area (TPSA) is 87.7 Å². The second kappa shape index (κ2) is 9.01. The van der Waals surface area contributed by atoms with Gasteiger partial charge in [-0.05, 0) is 26.7 Å². The van der Waals surface area contributed by atoms with Crippen molar-refractivity contribution >= 4 is 17.8 Å². The summed E-state index contributed by atoms with van der Waals surface area (Å²) in [5.74, 6) is 1.34. The Kier molecular flexibility index (Phi) is 6.47. The lowest BCUT2D eigenvalue weighted by Crippen LogP contribution is -2.45. The fourth-order valence-electron chi connectivity index (χ4n) is 3.71. The van der Waals surface area contributed by atoms with Crippen molar-refractivity contribution in [3.05, 3.63) is 17.1 Å². The molecule has 1 N–H and O–H groups in total. The van der Waals surface area contributed by atoms with Crippen molar-refractivity contribution in [1.82, 2.24) is 20.2 Å². The molecule has 0 aliphatic carbocycles. The smallest absolute Gasteiger partial charge is 0.325 e. The minimum atomic E-state index is -0.424. The zero-order valence-corrected chi connectivity index (χ0v) is 16.3. The maximum absolute atomic E-state index is 12.5. The van der Waals surface area contributed by atoms with E-state index in [-0.39, 0.29) is 12.6 Å². The van der Waals surface area contributed by atoms with Crippen molar-refractivity contribution in [3.8, 4) is 0 Å². The highest BCUT2D eigenvalue weighted by molar-refractivity contribution is 5.81. The first-order valence-corrected chi connectivity index (χ1v) is 9.88. The van der Waals surface area contributed by atoms with E-state index in [0.29, 0.717) is 26.1 Å². The van der Waals surface area contributed by atoms with E-state index in [0.717, 1.165) is 36.0 Å². The predicted octanol–water partition coefficient (Wildman–Crippen LogP) is 1.80. The number of carbonyl (C=O) groups is 2. The van der Waals surface area contributed by atoms with Crippen molar-refractivity contribution in [2.45, 2.75) is 52.5 Å². The summed E-state index contributed by atoms with van der Waals surface area (Å²) >= 11 is 0.